The van der Waals surface area contributed by atoms with Gasteiger partial charge in [-0.05, 0) is 19.1 Å². The first-order chi connectivity index (χ1) is 8.74. The highest BCUT2D eigenvalue weighted by molar-refractivity contribution is 7.13. The zero-order valence-electron chi connectivity index (χ0n) is 10.2. The Hall–Kier alpha value is -1.88. The molecule has 18 heavy (non-hydrogen) atoms. The molecule has 2 rings (SSSR count). The van der Waals surface area contributed by atoms with Gasteiger partial charge in [0.2, 0.25) is 0 Å². The SMILES string of the molecule is CCOc1cccc(-c2nc(C(=O)OC)cs2)c1. The van der Waals surface area contributed by atoms with Crippen molar-refractivity contribution in [1.29, 1.82) is 0 Å². The first-order valence-corrected chi connectivity index (χ1v) is 6.39. The molecule has 5 heteroatoms. The summed E-state index contributed by atoms with van der Waals surface area (Å²) in [5.74, 6) is 0.378. The van der Waals surface area contributed by atoms with Crippen molar-refractivity contribution >= 4 is 17.3 Å². The first kappa shape index (κ1) is 12.6. The molecule has 1 aromatic carbocycles. The highest BCUT2D eigenvalue weighted by Gasteiger charge is 2.12. The molecular weight excluding hydrogens is 250 g/mol. The van der Waals surface area contributed by atoms with Gasteiger partial charge in [0.1, 0.15) is 10.8 Å². The second kappa shape index (κ2) is 5.64. The van der Waals surface area contributed by atoms with Crippen LogP contribution < -0.4 is 4.74 Å². The van der Waals surface area contributed by atoms with Crippen molar-refractivity contribution in [2.75, 3.05) is 13.7 Å². The molecule has 2 aromatic rings. The zero-order valence-corrected chi connectivity index (χ0v) is 11.0. The van der Waals surface area contributed by atoms with E-state index in [1.54, 1.807) is 5.38 Å². The largest absolute Gasteiger partial charge is 0.494 e. The fourth-order valence-corrected chi connectivity index (χ4v) is 2.28. The molecule has 0 fully saturated rings. The number of carbonyl (C=O) groups is 1. The summed E-state index contributed by atoms with van der Waals surface area (Å²) in [6.45, 7) is 2.56. The Kier molecular flexibility index (Phi) is 3.94. The van der Waals surface area contributed by atoms with E-state index in [1.165, 1.54) is 18.4 Å². The lowest BCUT2D eigenvalue weighted by Gasteiger charge is -2.03. The lowest BCUT2D eigenvalue weighted by atomic mass is 10.2. The van der Waals surface area contributed by atoms with E-state index in [2.05, 4.69) is 9.72 Å². The Morgan fingerprint density at radius 1 is 1.44 bits per heavy atom. The fourth-order valence-electron chi connectivity index (χ4n) is 1.49. The van der Waals surface area contributed by atoms with Crippen molar-refractivity contribution in [3.05, 3.63) is 35.3 Å². The van der Waals surface area contributed by atoms with Crippen LogP contribution >= 0.6 is 11.3 Å². The highest BCUT2D eigenvalue weighted by Crippen LogP contribution is 2.27. The number of rotatable bonds is 4. The molecule has 0 amide bonds. The van der Waals surface area contributed by atoms with E-state index in [9.17, 15) is 4.79 Å². The number of hydrogen-bond donors (Lipinski definition) is 0. The standard InChI is InChI=1S/C13H13NO3S/c1-3-17-10-6-4-5-9(7-10)12-14-11(8-18-12)13(15)16-2/h4-8H,3H2,1-2H3. The van der Waals surface area contributed by atoms with Crippen LogP contribution in [-0.4, -0.2) is 24.7 Å². The topological polar surface area (TPSA) is 48.4 Å². The number of hydrogen-bond acceptors (Lipinski definition) is 5. The summed E-state index contributed by atoms with van der Waals surface area (Å²) in [5, 5.41) is 2.46. The summed E-state index contributed by atoms with van der Waals surface area (Å²) in [6, 6.07) is 7.63. The van der Waals surface area contributed by atoms with Gasteiger partial charge >= 0.3 is 5.97 Å². The first-order valence-electron chi connectivity index (χ1n) is 5.51. The lowest BCUT2D eigenvalue weighted by Crippen LogP contribution is -2.00. The second-order valence-electron chi connectivity index (χ2n) is 3.49. The van der Waals surface area contributed by atoms with Gasteiger partial charge in [-0.1, -0.05) is 12.1 Å². The Morgan fingerprint density at radius 2 is 2.28 bits per heavy atom. The maximum Gasteiger partial charge on any atom is 0.357 e. The zero-order chi connectivity index (χ0) is 13.0. The maximum atomic E-state index is 11.3. The fraction of sp³-hybridized carbons (Fsp3) is 0.231. The van der Waals surface area contributed by atoms with E-state index >= 15 is 0 Å². The van der Waals surface area contributed by atoms with Gasteiger partial charge in [0.15, 0.2) is 5.69 Å². The van der Waals surface area contributed by atoms with E-state index in [0.29, 0.717) is 12.3 Å². The van der Waals surface area contributed by atoms with Gasteiger partial charge in [0, 0.05) is 10.9 Å². The molecule has 0 saturated heterocycles. The summed E-state index contributed by atoms with van der Waals surface area (Å²) >= 11 is 1.41. The molecule has 1 aromatic heterocycles. The highest BCUT2D eigenvalue weighted by atomic mass is 32.1. The molecule has 4 nitrogen and oxygen atoms in total. The summed E-state index contributed by atoms with van der Waals surface area (Å²) in [7, 11) is 1.34. The third kappa shape index (κ3) is 2.68. The van der Waals surface area contributed by atoms with Crippen LogP contribution in [0.2, 0.25) is 0 Å². The number of aromatic nitrogens is 1. The van der Waals surface area contributed by atoms with E-state index in [-0.39, 0.29) is 0 Å². The van der Waals surface area contributed by atoms with Crippen LogP contribution in [0.25, 0.3) is 10.6 Å². The minimum Gasteiger partial charge on any atom is -0.494 e. The second-order valence-corrected chi connectivity index (χ2v) is 4.35. The lowest BCUT2D eigenvalue weighted by molar-refractivity contribution is 0.0595. The van der Waals surface area contributed by atoms with Gasteiger partial charge in [-0.2, -0.15) is 0 Å². The predicted octanol–water partition coefficient (Wildman–Crippen LogP) is 3.00. The molecule has 0 aliphatic heterocycles. The number of methoxy groups -OCH3 is 1. The summed E-state index contributed by atoms with van der Waals surface area (Å²) in [5.41, 5.74) is 1.26. The molecule has 0 bridgehead atoms. The van der Waals surface area contributed by atoms with E-state index in [4.69, 9.17) is 4.74 Å². The molecule has 0 aliphatic rings. The Labute approximate surface area is 109 Å². The van der Waals surface area contributed by atoms with E-state index in [0.717, 1.165) is 16.3 Å². The quantitative estimate of drug-likeness (QED) is 0.796. The molecule has 0 atom stereocenters. The Morgan fingerprint density at radius 3 is 3.00 bits per heavy atom. The van der Waals surface area contributed by atoms with Crippen molar-refractivity contribution < 1.29 is 14.3 Å². The summed E-state index contributed by atoms with van der Waals surface area (Å²) in [4.78, 5) is 15.6. The van der Waals surface area contributed by atoms with Crippen LogP contribution in [0.3, 0.4) is 0 Å². The molecule has 0 spiro atoms. The van der Waals surface area contributed by atoms with Crippen molar-refractivity contribution in [1.82, 2.24) is 4.98 Å². The third-order valence-corrected chi connectivity index (χ3v) is 3.18. The molecule has 0 aliphatic carbocycles. The van der Waals surface area contributed by atoms with Gasteiger partial charge in [-0.15, -0.1) is 11.3 Å². The normalized spacial score (nSPS) is 10.1. The minimum absolute atomic E-state index is 0.333. The molecule has 0 radical (unpaired) electrons. The van der Waals surface area contributed by atoms with Crippen LogP contribution in [-0.2, 0) is 4.74 Å². The van der Waals surface area contributed by atoms with Crippen LogP contribution in [0.1, 0.15) is 17.4 Å². The van der Waals surface area contributed by atoms with Gasteiger partial charge < -0.3 is 9.47 Å². The molecule has 1 heterocycles. The molecular formula is C13H13NO3S. The van der Waals surface area contributed by atoms with Crippen molar-refractivity contribution in [2.45, 2.75) is 6.92 Å². The van der Waals surface area contributed by atoms with Crippen molar-refractivity contribution in [3.8, 4) is 16.3 Å². The number of esters is 1. The van der Waals surface area contributed by atoms with Crippen LogP contribution in [0, 0.1) is 0 Å². The predicted molar refractivity (Wildman–Crippen MR) is 70.1 cm³/mol. The van der Waals surface area contributed by atoms with E-state index < -0.39 is 5.97 Å². The Balaban J connectivity index is 2.28. The molecule has 0 unspecified atom stereocenters. The van der Waals surface area contributed by atoms with Crippen molar-refractivity contribution in [2.24, 2.45) is 0 Å². The number of ether oxygens (including phenoxy) is 2. The van der Waals surface area contributed by atoms with Crippen LogP contribution in [0.15, 0.2) is 29.6 Å². The monoisotopic (exact) mass is 263 g/mol. The van der Waals surface area contributed by atoms with Gasteiger partial charge in [0.05, 0.1) is 13.7 Å². The summed E-state index contributed by atoms with van der Waals surface area (Å²) < 4.78 is 10.1. The van der Waals surface area contributed by atoms with Gasteiger partial charge in [-0.25, -0.2) is 9.78 Å². The van der Waals surface area contributed by atoms with Crippen molar-refractivity contribution in [3.63, 3.8) is 0 Å². The maximum absolute atomic E-state index is 11.3. The van der Waals surface area contributed by atoms with Crippen LogP contribution in [0.4, 0.5) is 0 Å². The number of nitrogens with zero attached hydrogens (tertiary/aromatic N) is 1. The van der Waals surface area contributed by atoms with Gasteiger partial charge in [0.25, 0.3) is 0 Å². The average molecular weight is 263 g/mol. The molecule has 94 valence electrons. The molecule has 0 N–H and O–H groups in total. The average Bonchev–Trinajstić information content (AvgIpc) is 2.88. The Bertz CT molecular complexity index is 551. The number of carbonyl (C=O) groups excluding carboxylic acids is 1. The van der Waals surface area contributed by atoms with Crippen LogP contribution in [0.5, 0.6) is 5.75 Å². The molecule has 0 saturated carbocycles. The summed E-state index contributed by atoms with van der Waals surface area (Å²) in [6.07, 6.45) is 0. The third-order valence-electron chi connectivity index (χ3n) is 2.29. The number of thiazole rings is 1. The van der Waals surface area contributed by atoms with Gasteiger partial charge in [-0.3, -0.25) is 0 Å². The minimum atomic E-state index is -0.418. The van der Waals surface area contributed by atoms with E-state index in [1.807, 2.05) is 31.2 Å². The number of benzene rings is 1. The smallest absolute Gasteiger partial charge is 0.357 e.